The van der Waals surface area contributed by atoms with Crippen LogP contribution in [0.3, 0.4) is 0 Å². The molecule has 88 valence electrons. The van der Waals surface area contributed by atoms with E-state index in [9.17, 15) is 0 Å². The van der Waals surface area contributed by atoms with E-state index in [2.05, 4.69) is 19.9 Å². The van der Waals surface area contributed by atoms with Gasteiger partial charge in [-0.1, -0.05) is 38.0 Å². The van der Waals surface area contributed by atoms with Gasteiger partial charge in [0, 0.05) is 10.5 Å². The minimum Gasteiger partial charge on any atom is -0.384 e. The van der Waals surface area contributed by atoms with Gasteiger partial charge >= 0.3 is 0 Å². The molecule has 0 saturated carbocycles. The highest BCUT2D eigenvalue weighted by molar-refractivity contribution is 7.99. The van der Waals surface area contributed by atoms with Crippen LogP contribution in [0.1, 0.15) is 37.3 Å². The van der Waals surface area contributed by atoms with Crippen molar-refractivity contribution >= 4 is 17.6 Å². The number of hydrogen-bond acceptors (Lipinski definition) is 2. The van der Waals surface area contributed by atoms with Crippen LogP contribution in [0.25, 0.3) is 0 Å². The molecule has 0 amide bonds. The molecule has 1 aromatic carbocycles. The summed E-state index contributed by atoms with van der Waals surface area (Å²) in [5, 5.41) is 7.55. The van der Waals surface area contributed by atoms with Crippen LogP contribution in [0.15, 0.2) is 23.1 Å². The third-order valence-electron chi connectivity index (χ3n) is 2.50. The van der Waals surface area contributed by atoms with Crippen molar-refractivity contribution in [3.8, 4) is 0 Å². The monoisotopic (exact) mass is 236 g/mol. The van der Waals surface area contributed by atoms with Gasteiger partial charge in [-0.3, -0.25) is 5.41 Å². The zero-order valence-electron chi connectivity index (χ0n) is 10.0. The van der Waals surface area contributed by atoms with Gasteiger partial charge in [0.1, 0.15) is 5.84 Å². The molecule has 1 aromatic rings. The minimum atomic E-state index is 0.168. The Labute approximate surface area is 102 Å². The smallest absolute Gasteiger partial charge is 0.123 e. The molecular weight excluding hydrogens is 216 g/mol. The van der Waals surface area contributed by atoms with Gasteiger partial charge in [-0.2, -0.15) is 0 Å². The molecule has 0 bridgehead atoms. The molecule has 0 aliphatic rings. The van der Waals surface area contributed by atoms with Crippen molar-refractivity contribution in [1.29, 1.82) is 5.41 Å². The fraction of sp³-hybridized carbons (Fsp3) is 0.462. The van der Waals surface area contributed by atoms with E-state index in [0.717, 1.165) is 11.3 Å². The summed E-state index contributed by atoms with van der Waals surface area (Å²) in [6.07, 6.45) is 3.75. The summed E-state index contributed by atoms with van der Waals surface area (Å²) in [6, 6.07) is 5.97. The van der Waals surface area contributed by atoms with Gasteiger partial charge in [-0.15, -0.1) is 11.8 Å². The summed E-state index contributed by atoms with van der Waals surface area (Å²) in [6.45, 7) is 4.29. The Balaban J connectivity index is 2.73. The average Bonchev–Trinajstić information content (AvgIpc) is 2.25. The van der Waals surface area contributed by atoms with E-state index in [0.29, 0.717) is 0 Å². The quantitative estimate of drug-likeness (QED) is 0.343. The number of aryl methyl sites for hydroxylation is 1. The molecule has 0 heterocycles. The Morgan fingerprint density at radius 2 is 2.12 bits per heavy atom. The molecule has 0 atom stereocenters. The van der Waals surface area contributed by atoms with Gasteiger partial charge in [0.15, 0.2) is 0 Å². The average molecular weight is 236 g/mol. The van der Waals surface area contributed by atoms with E-state index < -0.39 is 0 Å². The highest BCUT2D eigenvalue weighted by atomic mass is 32.2. The first kappa shape index (κ1) is 13.1. The lowest BCUT2D eigenvalue weighted by Crippen LogP contribution is -2.12. The van der Waals surface area contributed by atoms with Crippen molar-refractivity contribution < 1.29 is 0 Å². The Hall–Kier alpha value is -0.960. The maximum absolute atomic E-state index is 7.55. The lowest BCUT2D eigenvalue weighted by molar-refractivity contribution is 0.778. The Morgan fingerprint density at radius 1 is 1.38 bits per heavy atom. The number of nitrogens with two attached hydrogens (primary N) is 1. The lowest BCUT2D eigenvalue weighted by atomic mass is 10.1. The summed E-state index contributed by atoms with van der Waals surface area (Å²) in [4.78, 5) is 1.17. The predicted octanol–water partition coefficient (Wildman–Crippen LogP) is 3.56. The molecule has 3 N–H and O–H groups in total. The number of benzene rings is 1. The number of nitrogens with one attached hydrogen (secondary N) is 1. The second kappa shape index (κ2) is 6.59. The third-order valence-corrected chi connectivity index (χ3v) is 3.82. The third kappa shape index (κ3) is 3.56. The number of thioether (sulfide) groups is 1. The van der Waals surface area contributed by atoms with Crippen LogP contribution in [0.5, 0.6) is 0 Å². The van der Waals surface area contributed by atoms with E-state index in [1.807, 2.05) is 23.9 Å². The van der Waals surface area contributed by atoms with Gasteiger partial charge in [0.25, 0.3) is 0 Å². The van der Waals surface area contributed by atoms with E-state index in [1.165, 1.54) is 29.7 Å². The van der Waals surface area contributed by atoms with Crippen LogP contribution in [0.2, 0.25) is 0 Å². The number of unbranched alkanes of at least 4 members (excludes halogenated alkanes) is 2. The van der Waals surface area contributed by atoms with Crippen molar-refractivity contribution in [2.24, 2.45) is 5.73 Å². The molecule has 0 radical (unpaired) electrons. The molecule has 0 saturated heterocycles. The van der Waals surface area contributed by atoms with Crippen LogP contribution >= 0.6 is 11.8 Å². The van der Waals surface area contributed by atoms with Crippen LogP contribution in [-0.4, -0.2) is 11.6 Å². The zero-order chi connectivity index (χ0) is 12.0. The van der Waals surface area contributed by atoms with Crippen LogP contribution in [0.4, 0.5) is 0 Å². The second-order valence-electron chi connectivity index (χ2n) is 3.92. The summed E-state index contributed by atoms with van der Waals surface area (Å²) in [7, 11) is 0. The molecule has 0 aromatic heterocycles. The van der Waals surface area contributed by atoms with Crippen molar-refractivity contribution in [1.82, 2.24) is 0 Å². The standard InChI is InChI=1S/C13H20N2S/c1-3-4-5-9-16-12-10(2)7-6-8-11(12)13(14)15/h6-8H,3-5,9H2,1-2H3,(H3,14,15). The summed E-state index contributed by atoms with van der Waals surface area (Å²) < 4.78 is 0. The van der Waals surface area contributed by atoms with Crippen LogP contribution in [-0.2, 0) is 0 Å². The summed E-state index contributed by atoms with van der Waals surface area (Å²) in [5.74, 6) is 1.28. The fourth-order valence-electron chi connectivity index (χ4n) is 1.58. The van der Waals surface area contributed by atoms with Gasteiger partial charge < -0.3 is 5.73 Å². The zero-order valence-corrected chi connectivity index (χ0v) is 10.9. The maximum atomic E-state index is 7.55. The molecule has 0 aliphatic carbocycles. The lowest BCUT2D eigenvalue weighted by Gasteiger charge is -2.10. The van der Waals surface area contributed by atoms with Crippen molar-refractivity contribution in [3.05, 3.63) is 29.3 Å². The van der Waals surface area contributed by atoms with E-state index >= 15 is 0 Å². The van der Waals surface area contributed by atoms with E-state index in [-0.39, 0.29) is 5.84 Å². The topological polar surface area (TPSA) is 49.9 Å². The predicted molar refractivity (Wildman–Crippen MR) is 72.4 cm³/mol. The first-order valence-electron chi connectivity index (χ1n) is 5.73. The molecule has 2 nitrogen and oxygen atoms in total. The Bertz CT molecular complexity index is 361. The molecule has 1 rings (SSSR count). The number of rotatable bonds is 6. The largest absolute Gasteiger partial charge is 0.384 e. The highest BCUT2D eigenvalue weighted by Gasteiger charge is 2.07. The van der Waals surface area contributed by atoms with Crippen molar-refractivity contribution in [3.63, 3.8) is 0 Å². The molecule has 0 spiro atoms. The molecule has 16 heavy (non-hydrogen) atoms. The number of hydrogen-bond donors (Lipinski definition) is 2. The molecule has 3 heteroatoms. The SMILES string of the molecule is CCCCCSc1c(C)cccc1C(=N)N. The molecular formula is C13H20N2S. The summed E-state index contributed by atoms with van der Waals surface area (Å²) in [5.41, 5.74) is 7.68. The normalized spacial score (nSPS) is 10.4. The Kier molecular flexibility index (Phi) is 5.39. The highest BCUT2D eigenvalue weighted by Crippen LogP contribution is 2.27. The molecule has 0 fully saturated rings. The summed E-state index contributed by atoms with van der Waals surface area (Å²) >= 11 is 1.82. The van der Waals surface area contributed by atoms with Crippen molar-refractivity contribution in [2.75, 3.05) is 5.75 Å². The first-order chi connectivity index (χ1) is 7.66. The van der Waals surface area contributed by atoms with Gasteiger partial charge in [-0.05, 0) is 24.7 Å². The molecule has 0 unspecified atom stereocenters. The number of amidine groups is 1. The first-order valence-corrected chi connectivity index (χ1v) is 6.72. The van der Waals surface area contributed by atoms with E-state index in [4.69, 9.17) is 11.1 Å². The minimum absolute atomic E-state index is 0.168. The van der Waals surface area contributed by atoms with Gasteiger partial charge in [0.05, 0.1) is 0 Å². The van der Waals surface area contributed by atoms with Crippen LogP contribution in [0, 0.1) is 12.3 Å². The van der Waals surface area contributed by atoms with Crippen LogP contribution < -0.4 is 5.73 Å². The number of nitrogen functional groups attached to an aromatic ring is 1. The fourth-order valence-corrected chi connectivity index (χ4v) is 2.76. The maximum Gasteiger partial charge on any atom is 0.123 e. The molecule has 0 aliphatic heterocycles. The Morgan fingerprint density at radius 3 is 2.75 bits per heavy atom. The van der Waals surface area contributed by atoms with Gasteiger partial charge in [0.2, 0.25) is 0 Å². The van der Waals surface area contributed by atoms with Crippen molar-refractivity contribution in [2.45, 2.75) is 38.0 Å². The van der Waals surface area contributed by atoms with E-state index in [1.54, 1.807) is 0 Å². The second-order valence-corrected chi connectivity index (χ2v) is 5.03. The van der Waals surface area contributed by atoms with Gasteiger partial charge in [-0.25, -0.2) is 0 Å².